The third kappa shape index (κ3) is 5.09. The highest BCUT2D eigenvalue weighted by Gasteiger charge is 2.26. The maximum atomic E-state index is 13.0. The summed E-state index contributed by atoms with van der Waals surface area (Å²) < 4.78 is 4.98. The number of methoxy groups -OCH3 is 1. The van der Waals surface area contributed by atoms with Gasteiger partial charge in [0.25, 0.3) is 5.91 Å². The number of ether oxygens (including phenoxy) is 1. The third-order valence-corrected chi connectivity index (χ3v) is 6.72. The fourth-order valence-electron chi connectivity index (χ4n) is 4.25. The lowest BCUT2D eigenvalue weighted by Crippen LogP contribution is -2.43. The molecule has 2 aromatic carbocycles. The van der Waals surface area contributed by atoms with Crippen molar-refractivity contribution in [3.8, 4) is 0 Å². The van der Waals surface area contributed by atoms with Crippen LogP contribution in [0.2, 0.25) is 10.0 Å². The molecular weight excluding hydrogens is 525 g/mol. The van der Waals surface area contributed by atoms with Crippen LogP contribution >= 0.6 is 23.2 Å². The Morgan fingerprint density at radius 1 is 0.921 bits per heavy atom. The molecule has 2 N–H and O–H groups in total. The van der Waals surface area contributed by atoms with E-state index in [1.165, 1.54) is 7.11 Å². The number of halogens is 2. The molecule has 10 heteroatoms. The predicted molar refractivity (Wildman–Crippen MR) is 148 cm³/mol. The van der Waals surface area contributed by atoms with Gasteiger partial charge in [-0.1, -0.05) is 41.4 Å². The quantitative estimate of drug-likeness (QED) is 0.251. The number of carbonyl (C=O) groups is 2. The molecule has 1 atom stereocenters. The molecule has 0 bridgehead atoms. The Hall–Kier alpha value is -4.27. The molecule has 5 aromatic rings. The second-order valence-corrected chi connectivity index (χ2v) is 9.22. The first-order valence-corrected chi connectivity index (χ1v) is 12.4. The number of nitrogens with one attached hydrogen (secondary N) is 2. The van der Waals surface area contributed by atoms with Crippen molar-refractivity contribution >= 4 is 68.3 Å². The molecule has 3 heterocycles. The van der Waals surface area contributed by atoms with Crippen molar-refractivity contribution in [2.24, 2.45) is 0 Å². The third-order valence-electron chi connectivity index (χ3n) is 6.09. The van der Waals surface area contributed by atoms with E-state index in [4.69, 9.17) is 27.9 Å². The van der Waals surface area contributed by atoms with Gasteiger partial charge >= 0.3 is 5.97 Å². The van der Waals surface area contributed by atoms with Gasteiger partial charge in [-0.2, -0.15) is 0 Å². The average Bonchev–Trinajstić information content (AvgIpc) is 2.93. The van der Waals surface area contributed by atoms with Crippen LogP contribution in [0.15, 0.2) is 79.4 Å². The van der Waals surface area contributed by atoms with E-state index in [0.717, 1.165) is 27.4 Å². The van der Waals surface area contributed by atoms with Crippen LogP contribution in [-0.4, -0.2) is 40.0 Å². The second kappa shape index (κ2) is 11.0. The summed E-state index contributed by atoms with van der Waals surface area (Å²) in [6, 6.07) is 15.0. The monoisotopic (exact) mass is 545 g/mol. The van der Waals surface area contributed by atoms with Crippen LogP contribution in [0.4, 0.5) is 11.5 Å². The molecule has 190 valence electrons. The zero-order chi connectivity index (χ0) is 26.6. The summed E-state index contributed by atoms with van der Waals surface area (Å²) in [6.45, 7) is 0. The van der Waals surface area contributed by atoms with Crippen LogP contribution in [0.5, 0.6) is 0 Å². The lowest BCUT2D eigenvalue weighted by molar-refractivity contribution is -0.142. The van der Waals surface area contributed by atoms with Crippen LogP contribution in [0, 0.1) is 0 Å². The Morgan fingerprint density at radius 2 is 1.71 bits per heavy atom. The van der Waals surface area contributed by atoms with E-state index < -0.39 is 17.9 Å². The number of hydrogen-bond donors (Lipinski definition) is 2. The van der Waals surface area contributed by atoms with E-state index in [-0.39, 0.29) is 22.0 Å². The number of hydrogen-bond acceptors (Lipinski definition) is 7. The number of carbonyl (C=O) groups excluding carboxylic acids is 2. The number of fused-ring (bicyclic) bond motifs is 2. The summed E-state index contributed by atoms with van der Waals surface area (Å²) >= 11 is 12.4. The number of esters is 1. The van der Waals surface area contributed by atoms with Gasteiger partial charge in [0, 0.05) is 42.0 Å². The molecule has 0 saturated carbocycles. The SMILES string of the molecule is COC(=O)[C@H](Cc1ccc(Nc2nccc3ccncc23)c2ncccc12)NC(=O)c1c(Cl)cccc1Cl. The molecule has 0 fully saturated rings. The number of anilines is 2. The fourth-order valence-corrected chi connectivity index (χ4v) is 4.82. The van der Waals surface area contributed by atoms with Crippen LogP contribution in [0.25, 0.3) is 21.7 Å². The number of pyridine rings is 3. The van der Waals surface area contributed by atoms with Gasteiger partial charge in [-0.15, -0.1) is 0 Å². The highest BCUT2D eigenvalue weighted by atomic mass is 35.5. The van der Waals surface area contributed by atoms with E-state index in [0.29, 0.717) is 11.3 Å². The maximum Gasteiger partial charge on any atom is 0.328 e. The lowest BCUT2D eigenvalue weighted by atomic mass is 9.99. The van der Waals surface area contributed by atoms with E-state index in [9.17, 15) is 9.59 Å². The first kappa shape index (κ1) is 25.4. The number of amides is 1. The molecule has 38 heavy (non-hydrogen) atoms. The Labute approximate surface area is 228 Å². The van der Waals surface area contributed by atoms with Gasteiger partial charge in [0.05, 0.1) is 33.9 Å². The van der Waals surface area contributed by atoms with E-state index in [1.54, 1.807) is 43.0 Å². The van der Waals surface area contributed by atoms with Crippen LogP contribution in [-0.2, 0) is 16.0 Å². The molecule has 5 rings (SSSR count). The molecular formula is C28H21Cl2N5O3. The summed E-state index contributed by atoms with van der Waals surface area (Å²) in [4.78, 5) is 39.0. The largest absolute Gasteiger partial charge is 0.467 e. The fraction of sp³-hybridized carbons (Fsp3) is 0.107. The Bertz CT molecular complexity index is 1650. The lowest BCUT2D eigenvalue weighted by Gasteiger charge is -2.19. The average molecular weight is 546 g/mol. The normalized spacial score (nSPS) is 11.8. The van der Waals surface area contributed by atoms with Gasteiger partial charge in [-0.3, -0.25) is 14.8 Å². The van der Waals surface area contributed by atoms with Crippen molar-refractivity contribution in [3.63, 3.8) is 0 Å². The smallest absolute Gasteiger partial charge is 0.328 e. The minimum absolute atomic E-state index is 0.0906. The standard InChI is InChI=1S/C28H21Cl2N5O3/c1-38-28(37)23(35-27(36)24-20(29)5-2-6-21(24)30)14-17-7-8-22(25-18(17)4-3-11-32-25)34-26-19-15-31-12-9-16(19)10-13-33-26/h2-13,15,23H,14H2,1H3,(H,33,34)(H,35,36)/t23-/m0/s1. The minimum Gasteiger partial charge on any atom is -0.467 e. The van der Waals surface area contributed by atoms with Gasteiger partial charge in [0.1, 0.15) is 11.9 Å². The van der Waals surface area contributed by atoms with Crippen LogP contribution in [0.3, 0.4) is 0 Å². The van der Waals surface area contributed by atoms with Crippen molar-refractivity contribution in [2.45, 2.75) is 12.5 Å². The highest BCUT2D eigenvalue weighted by molar-refractivity contribution is 6.39. The van der Waals surface area contributed by atoms with E-state index in [2.05, 4.69) is 25.6 Å². The number of benzene rings is 2. The van der Waals surface area contributed by atoms with Crippen molar-refractivity contribution in [2.75, 3.05) is 12.4 Å². The predicted octanol–water partition coefficient (Wildman–Crippen LogP) is 5.74. The number of aromatic nitrogens is 3. The van der Waals surface area contributed by atoms with Crippen molar-refractivity contribution in [1.82, 2.24) is 20.3 Å². The van der Waals surface area contributed by atoms with Crippen LogP contribution < -0.4 is 10.6 Å². The first-order chi connectivity index (χ1) is 18.5. The highest BCUT2D eigenvalue weighted by Crippen LogP contribution is 2.30. The zero-order valence-corrected chi connectivity index (χ0v) is 21.6. The van der Waals surface area contributed by atoms with E-state index in [1.807, 2.05) is 36.4 Å². The van der Waals surface area contributed by atoms with Gasteiger partial charge in [-0.05, 0) is 47.3 Å². The summed E-state index contributed by atoms with van der Waals surface area (Å²) in [6.07, 6.45) is 7.05. The minimum atomic E-state index is -0.993. The number of nitrogens with zero attached hydrogens (tertiary/aromatic N) is 3. The molecule has 3 aromatic heterocycles. The molecule has 0 unspecified atom stereocenters. The number of rotatable bonds is 7. The Kier molecular flexibility index (Phi) is 7.35. The summed E-state index contributed by atoms with van der Waals surface area (Å²) in [7, 11) is 1.27. The molecule has 8 nitrogen and oxygen atoms in total. The molecule has 0 aliphatic rings. The van der Waals surface area contributed by atoms with Crippen LogP contribution in [0.1, 0.15) is 15.9 Å². The second-order valence-electron chi connectivity index (χ2n) is 8.40. The molecule has 0 spiro atoms. The molecule has 0 radical (unpaired) electrons. The van der Waals surface area contributed by atoms with Gasteiger partial charge in [0.15, 0.2) is 0 Å². The summed E-state index contributed by atoms with van der Waals surface area (Å²) in [5, 5.41) is 9.12. The van der Waals surface area contributed by atoms with Gasteiger partial charge in [-0.25, -0.2) is 9.78 Å². The summed E-state index contributed by atoms with van der Waals surface area (Å²) in [5.74, 6) is -0.535. The van der Waals surface area contributed by atoms with Gasteiger partial charge in [0.2, 0.25) is 0 Å². The topological polar surface area (TPSA) is 106 Å². The van der Waals surface area contributed by atoms with Crippen molar-refractivity contribution < 1.29 is 14.3 Å². The Morgan fingerprint density at radius 3 is 2.50 bits per heavy atom. The molecule has 1 amide bonds. The first-order valence-electron chi connectivity index (χ1n) is 11.6. The molecule has 0 saturated heterocycles. The molecule has 0 aliphatic carbocycles. The summed E-state index contributed by atoms with van der Waals surface area (Å²) in [5.41, 5.74) is 2.28. The van der Waals surface area contributed by atoms with Crippen molar-refractivity contribution in [1.29, 1.82) is 0 Å². The zero-order valence-electron chi connectivity index (χ0n) is 20.1. The van der Waals surface area contributed by atoms with E-state index >= 15 is 0 Å². The van der Waals surface area contributed by atoms with Gasteiger partial charge < -0.3 is 15.4 Å². The maximum absolute atomic E-state index is 13.0. The van der Waals surface area contributed by atoms with Crippen molar-refractivity contribution in [3.05, 3.63) is 101 Å². The molecule has 0 aliphatic heterocycles. The Balaban J connectivity index is 1.48.